The van der Waals surface area contributed by atoms with Crippen LogP contribution in [0.1, 0.15) is 35.2 Å². The number of amides is 1. The molecule has 0 N–H and O–H groups in total. The van der Waals surface area contributed by atoms with Gasteiger partial charge in [0, 0.05) is 31.2 Å². The molecule has 158 valence electrons. The van der Waals surface area contributed by atoms with Crippen molar-refractivity contribution >= 4 is 17.4 Å². The highest BCUT2D eigenvalue weighted by Gasteiger charge is 2.34. The minimum absolute atomic E-state index is 0.0452. The van der Waals surface area contributed by atoms with Crippen LogP contribution in [0.25, 0.3) is 0 Å². The first kappa shape index (κ1) is 20.2. The summed E-state index contributed by atoms with van der Waals surface area (Å²) in [6, 6.07) is 9.89. The highest BCUT2D eigenvalue weighted by atomic mass is 19.1. The summed E-state index contributed by atoms with van der Waals surface area (Å²) in [7, 11) is 3.05. The Balaban J connectivity index is 1.64. The molecule has 4 rings (SSSR count). The zero-order chi connectivity index (χ0) is 21.3. The lowest BCUT2D eigenvalue weighted by molar-refractivity contribution is -0.132. The molecule has 1 aliphatic heterocycles. The van der Waals surface area contributed by atoms with Crippen molar-refractivity contribution in [2.24, 2.45) is 0 Å². The molecule has 2 aromatic rings. The largest absolute Gasteiger partial charge is 0.497 e. The Morgan fingerprint density at radius 2 is 1.93 bits per heavy atom. The average Bonchev–Trinajstić information content (AvgIpc) is 3.58. The molecule has 6 nitrogen and oxygen atoms in total. The van der Waals surface area contributed by atoms with E-state index in [2.05, 4.69) is 0 Å². The van der Waals surface area contributed by atoms with Crippen molar-refractivity contribution in [3.8, 4) is 11.5 Å². The average molecular weight is 412 g/mol. The van der Waals surface area contributed by atoms with Crippen molar-refractivity contribution < 1.29 is 23.5 Å². The zero-order valence-corrected chi connectivity index (χ0v) is 17.2. The lowest BCUT2D eigenvalue weighted by Crippen LogP contribution is -2.40. The van der Waals surface area contributed by atoms with E-state index < -0.39 is 0 Å². The molecular weight excluding hydrogens is 387 g/mol. The number of Topliss-reactive ketones (excluding diaryl/α,β-unsaturated/α-hetero) is 1. The molecule has 7 heteroatoms. The summed E-state index contributed by atoms with van der Waals surface area (Å²) in [4.78, 5) is 29.6. The van der Waals surface area contributed by atoms with E-state index in [9.17, 15) is 14.0 Å². The molecule has 2 aliphatic rings. The first-order valence-corrected chi connectivity index (χ1v) is 10.1. The van der Waals surface area contributed by atoms with Crippen LogP contribution in [0.15, 0.2) is 36.4 Å². The molecule has 0 radical (unpaired) electrons. The Morgan fingerprint density at radius 1 is 1.13 bits per heavy atom. The molecule has 0 bridgehead atoms. The summed E-state index contributed by atoms with van der Waals surface area (Å²) >= 11 is 0. The smallest absolute Gasteiger partial charge is 0.224 e. The maximum atomic E-state index is 14.0. The second-order valence-electron chi connectivity index (χ2n) is 7.69. The van der Waals surface area contributed by atoms with Gasteiger partial charge in [0.25, 0.3) is 0 Å². The van der Waals surface area contributed by atoms with Gasteiger partial charge in [-0.1, -0.05) is 0 Å². The van der Waals surface area contributed by atoms with Crippen molar-refractivity contribution in [1.82, 2.24) is 4.90 Å². The number of benzene rings is 2. The van der Waals surface area contributed by atoms with E-state index in [4.69, 9.17) is 9.47 Å². The molecular formula is C23H25FN2O4. The van der Waals surface area contributed by atoms with Crippen LogP contribution in [0.3, 0.4) is 0 Å². The van der Waals surface area contributed by atoms with Crippen LogP contribution >= 0.6 is 0 Å². The Bertz CT molecular complexity index is 974. The summed E-state index contributed by atoms with van der Waals surface area (Å²) in [6.07, 6.45) is 2.30. The Kier molecular flexibility index (Phi) is 5.61. The first-order chi connectivity index (χ1) is 14.5. The van der Waals surface area contributed by atoms with Gasteiger partial charge < -0.3 is 19.3 Å². The van der Waals surface area contributed by atoms with Gasteiger partial charge in [-0.2, -0.15) is 0 Å². The maximum absolute atomic E-state index is 14.0. The number of hydrogen-bond donors (Lipinski definition) is 0. The normalized spacial score (nSPS) is 16.6. The van der Waals surface area contributed by atoms with Crippen molar-refractivity contribution in [2.75, 3.05) is 32.2 Å². The third kappa shape index (κ3) is 4.10. The monoisotopic (exact) mass is 412 g/mol. The SMILES string of the molecule is COc1ccc(OC)c(C(=O)CN2CCC(=O)N(C3CC3)Cc3cc(F)ccc32)c1. The van der Waals surface area contributed by atoms with Gasteiger partial charge in [-0.25, -0.2) is 4.39 Å². The van der Waals surface area contributed by atoms with Crippen LogP contribution in [0.4, 0.5) is 10.1 Å². The summed E-state index contributed by atoms with van der Waals surface area (Å²) in [5.41, 5.74) is 1.92. The summed E-state index contributed by atoms with van der Waals surface area (Å²) in [6.45, 7) is 0.807. The number of fused-ring (bicyclic) bond motifs is 1. The van der Waals surface area contributed by atoms with Crippen LogP contribution < -0.4 is 14.4 Å². The van der Waals surface area contributed by atoms with Crippen LogP contribution in [-0.2, 0) is 11.3 Å². The molecule has 0 unspecified atom stereocenters. The molecule has 0 spiro atoms. The second kappa shape index (κ2) is 8.34. The van der Waals surface area contributed by atoms with Crippen molar-refractivity contribution in [2.45, 2.75) is 31.8 Å². The molecule has 0 atom stereocenters. The van der Waals surface area contributed by atoms with E-state index in [0.29, 0.717) is 36.6 Å². The number of methoxy groups -OCH3 is 2. The second-order valence-corrected chi connectivity index (χ2v) is 7.69. The third-order valence-electron chi connectivity index (χ3n) is 5.67. The van der Waals surface area contributed by atoms with Gasteiger partial charge >= 0.3 is 0 Å². The fourth-order valence-corrected chi connectivity index (χ4v) is 3.93. The summed E-state index contributed by atoms with van der Waals surface area (Å²) < 4.78 is 24.6. The topological polar surface area (TPSA) is 59.1 Å². The number of ether oxygens (including phenoxy) is 2. The van der Waals surface area contributed by atoms with Crippen molar-refractivity contribution in [1.29, 1.82) is 0 Å². The van der Waals surface area contributed by atoms with E-state index in [1.54, 1.807) is 24.3 Å². The van der Waals surface area contributed by atoms with E-state index in [1.165, 1.54) is 26.4 Å². The lowest BCUT2D eigenvalue weighted by atomic mass is 10.0. The summed E-state index contributed by atoms with van der Waals surface area (Å²) in [5.74, 6) is 0.558. The highest BCUT2D eigenvalue weighted by molar-refractivity contribution is 6.02. The number of carbonyl (C=O) groups is 2. The van der Waals surface area contributed by atoms with Gasteiger partial charge in [0.2, 0.25) is 5.91 Å². The fourth-order valence-electron chi connectivity index (χ4n) is 3.93. The maximum Gasteiger partial charge on any atom is 0.224 e. The first-order valence-electron chi connectivity index (χ1n) is 10.1. The number of carbonyl (C=O) groups excluding carboxylic acids is 2. The van der Waals surface area contributed by atoms with E-state index >= 15 is 0 Å². The zero-order valence-electron chi connectivity index (χ0n) is 17.2. The fraction of sp³-hybridized carbons (Fsp3) is 0.391. The Morgan fingerprint density at radius 3 is 2.63 bits per heavy atom. The Labute approximate surface area is 175 Å². The van der Waals surface area contributed by atoms with Gasteiger partial charge in [-0.15, -0.1) is 0 Å². The van der Waals surface area contributed by atoms with Gasteiger partial charge in [-0.05, 0) is 54.8 Å². The van der Waals surface area contributed by atoms with Crippen LogP contribution in [0.5, 0.6) is 11.5 Å². The number of rotatable bonds is 6. The van der Waals surface area contributed by atoms with Gasteiger partial charge in [0.05, 0.1) is 26.3 Å². The number of nitrogens with zero attached hydrogens (tertiary/aromatic N) is 2. The number of ketones is 1. The van der Waals surface area contributed by atoms with E-state index in [1.807, 2.05) is 9.80 Å². The quantitative estimate of drug-likeness (QED) is 0.681. The highest BCUT2D eigenvalue weighted by Crippen LogP contribution is 2.34. The van der Waals surface area contributed by atoms with Crippen molar-refractivity contribution in [3.05, 3.63) is 53.3 Å². The van der Waals surface area contributed by atoms with Gasteiger partial charge in [0.1, 0.15) is 17.3 Å². The molecule has 0 saturated heterocycles. The molecule has 1 aliphatic carbocycles. The molecule has 1 heterocycles. The predicted molar refractivity (Wildman–Crippen MR) is 111 cm³/mol. The van der Waals surface area contributed by atoms with Crippen LogP contribution in [-0.4, -0.2) is 49.9 Å². The summed E-state index contributed by atoms with van der Waals surface area (Å²) in [5, 5.41) is 0. The molecule has 1 amide bonds. The minimum atomic E-state index is -0.349. The van der Waals surface area contributed by atoms with Crippen molar-refractivity contribution in [3.63, 3.8) is 0 Å². The molecule has 1 saturated carbocycles. The third-order valence-corrected chi connectivity index (χ3v) is 5.67. The van der Waals surface area contributed by atoms with E-state index in [-0.39, 0.29) is 30.1 Å². The predicted octanol–water partition coefficient (Wildman–Crippen LogP) is 3.43. The van der Waals surface area contributed by atoms with Gasteiger partial charge in [-0.3, -0.25) is 9.59 Å². The minimum Gasteiger partial charge on any atom is -0.497 e. The number of hydrogen-bond acceptors (Lipinski definition) is 5. The molecule has 2 aromatic carbocycles. The number of anilines is 1. The van der Waals surface area contributed by atoms with Crippen LogP contribution in [0.2, 0.25) is 0 Å². The molecule has 1 fully saturated rings. The molecule has 30 heavy (non-hydrogen) atoms. The van der Waals surface area contributed by atoms with Gasteiger partial charge in [0.15, 0.2) is 5.78 Å². The Hall–Kier alpha value is -3.09. The van der Waals surface area contributed by atoms with E-state index in [0.717, 1.165) is 24.1 Å². The molecule has 0 aromatic heterocycles. The van der Waals surface area contributed by atoms with Crippen LogP contribution in [0, 0.1) is 5.82 Å². The number of halogens is 1. The standard InChI is InChI=1S/C23H25FN2O4/c1-29-18-6-8-22(30-2)19(12-18)21(27)14-25-10-9-23(28)26(17-4-5-17)13-15-11-16(24)3-7-20(15)25/h3,6-8,11-12,17H,4-5,9-10,13-14H2,1-2H3. The lowest BCUT2D eigenvalue weighted by Gasteiger charge is -2.33.